The zero-order chi connectivity index (χ0) is 14.7. The van der Waals surface area contributed by atoms with Gasteiger partial charge >= 0.3 is 12.0 Å². The molecular formula is C13H13N3O3S. The van der Waals surface area contributed by atoms with Gasteiger partial charge in [-0.2, -0.15) is 0 Å². The molecule has 3 N–H and O–H groups in total. The number of urea groups is 1. The lowest BCUT2D eigenvalue weighted by atomic mass is 10.1. The highest BCUT2D eigenvalue weighted by Gasteiger charge is 2.15. The summed E-state index contributed by atoms with van der Waals surface area (Å²) >= 11 is 1.30. The zero-order valence-electron chi connectivity index (χ0n) is 10.9. The van der Waals surface area contributed by atoms with E-state index in [2.05, 4.69) is 15.6 Å². The molecular weight excluding hydrogens is 278 g/mol. The van der Waals surface area contributed by atoms with Crippen molar-refractivity contribution < 1.29 is 14.7 Å². The van der Waals surface area contributed by atoms with Crippen molar-refractivity contribution in [1.29, 1.82) is 0 Å². The van der Waals surface area contributed by atoms with Crippen molar-refractivity contribution in [3.05, 3.63) is 40.4 Å². The van der Waals surface area contributed by atoms with Gasteiger partial charge in [-0.05, 0) is 25.5 Å². The number of aryl methyl sites for hydroxylation is 2. The summed E-state index contributed by atoms with van der Waals surface area (Å²) in [6.07, 6.45) is 0. The molecule has 1 heterocycles. The molecule has 20 heavy (non-hydrogen) atoms. The number of rotatable bonds is 3. The fraction of sp³-hybridized carbons (Fsp3) is 0.154. The van der Waals surface area contributed by atoms with E-state index in [1.165, 1.54) is 17.4 Å². The maximum Gasteiger partial charge on any atom is 0.337 e. The number of benzene rings is 1. The van der Waals surface area contributed by atoms with Crippen LogP contribution >= 0.6 is 11.3 Å². The van der Waals surface area contributed by atoms with Crippen LogP contribution in [0.15, 0.2) is 23.6 Å². The number of hydrogen-bond donors (Lipinski definition) is 3. The third-order valence-corrected chi connectivity index (χ3v) is 3.46. The molecule has 0 fully saturated rings. The Morgan fingerprint density at radius 2 is 2.00 bits per heavy atom. The molecule has 0 aliphatic heterocycles. The molecule has 0 aliphatic rings. The van der Waals surface area contributed by atoms with Crippen molar-refractivity contribution in [3.8, 4) is 0 Å². The van der Waals surface area contributed by atoms with Crippen LogP contribution in [0.3, 0.4) is 0 Å². The third kappa shape index (κ3) is 3.12. The predicted molar refractivity (Wildman–Crippen MR) is 77.6 cm³/mol. The van der Waals surface area contributed by atoms with Crippen LogP contribution in [0.4, 0.5) is 15.6 Å². The van der Waals surface area contributed by atoms with Crippen LogP contribution in [-0.4, -0.2) is 22.1 Å². The number of aromatic carboxylic acids is 1. The van der Waals surface area contributed by atoms with Crippen LogP contribution in [0.2, 0.25) is 0 Å². The topological polar surface area (TPSA) is 91.3 Å². The van der Waals surface area contributed by atoms with E-state index in [9.17, 15) is 9.59 Å². The van der Waals surface area contributed by atoms with Gasteiger partial charge in [-0.15, -0.1) is 11.3 Å². The van der Waals surface area contributed by atoms with Crippen LogP contribution in [0, 0.1) is 13.8 Å². The molecule has 0 saturated carbocycles. The van der Waals surface area contributed by atoms with E-state index in [4.69, 9.17) is 5.11 Å². The van der Waals surface area contributed by atoms with E-state index in [1.807, 2.05) is 12.3 Å². The number of carbonyl (C=O) groups excluding carboxylic acids is 1. The first-order chi connectivity index (χ1) is 9.47. The minimum atomic E-state index is -1.09. The minimum Gasteiger partial charge on any atom is -0.478 e. The molecule has 6 nitrogen and oxygen atoms in total. The molecule has 1 aromatic carbocycles. The van der Waals surface area contributed by atoms with Gasteiger partial charge in [0.15, 0.2) is 5.13 Å². The number of para-hydroxylation sites is 1. The quantitative estimate of drug-likeness (QED) is 0.810. The summed E-state index contributed by atoms with van der Waals surface area (Å²) in [6.45, 7) is 3.55. The lowest BCUT2D eigenvalue weighted by Crippen LogP contribution is -2.21. The number of carbonyl (C=O) groups is 2. The average Bonchev–Trinajstić information content (AvgIpc) is 2.77. The van der Waals surface area contributed by atoms with Gasteiger partial charge in [0, 0.05) is 5.38 Å². The number of amides is 2. The highest BCUT2D eigenvalue weighted by molar-refractivity contribution is 7.13. The number of carboxylic acids is 1. The Kier molecular flexibility index (Phi) is 3.99. The van der Waals surface area contributed by atoms with Crippen molar-refractivity contribution in [1.82, 2.24) is 4.98 Å². The molecule has 0 radical (unpaired) electrons. The van der Waals surface area contributed by atoms with Crippen molar-refractivity contribution in [2.75, 3.05) is 10.6 Å². The predicted octanol–water partition coefficient (Wildman–Crippen LogP) is 3.10. The molecule has 0 saturated heterocycles. The number of thiazole rings is 1. The number of hydrogen-bond acceptors (Lipinski definition) is 4. The summed E-state index contributed by atoms with van der Waals surface area (Å²) in [6, 6.07) is 4.29. The molecule has 0 atom stereocenters. The maximum atomic E-state index is 11.9. The van der Waals surface area contributed by atoms with Crippen LogP contribution < -0.4 is 10.6 Å². The highest BCUT2D eigenvalue weighted by atomic mass is 32.1. The highest BCUT2D eigenvalue weighted by Crippen LogP contribution is 2.21. The number of anilines is 2. The van der Waals surface area contributed by atoms with Gasteiger partial charge in [0.2, 0.25) is 0 Å². The first-order valence-electron chi connectivity index (χ1n) is 5.80. The molecule has 2 amide bonds. The van der Waals surface area contributed by atoms with E-state index in [1.54, 1.807) is 19.1 Å². The Morgan fingerprint density at radius 3 is 2.60 bits per heavy atom. The number of nitrogens with zero attached hydrogens (tertiary/aromatic N) is 1. The third-order valence-electron chi connectivity index (χ3n) is 2.58. The maximum absolute atomic E-state index is 11.9. The van der Waals surface area contributed by atoms with Gasteiger partial charge < -0.3 is 10.4 Å². The summed E-state index contributed by atoms with van der Waals surface area (Å²) in [4.78, 5) is 27.1. The van der Waals surface area contributed by atoms with Crippen molar-refractivity contribution in [3.63, 3.8) is 0 Å². The summed E-state index contributed by atoms with van der Waals surface area (Å²) in [5, 5.41) is 16.5. The average molecular weight is 291 g/mol. The van der Waals surface area contributed by atoms with E-state index in [0.717, 1.165) is 5.69 Å². The van der Waals surface area contributed by atoms with Gasteiger partial charge in [0.1, 0.15) is 0 Å². The van der Waals surface area contributed by atoms with E-state index < -0.39 is 12.0 Å². The van der Waals surface area contributed by atoms with Crippen LogP contribution in [0.25, 0.3) is 0 Å². The first kappa shape index (κ1) is 14.0. The molecule has 104 valence electrons. The normalized spacial score (nSPS) is 10.1. The molecule has 1 aromatic heterocycles. The molecule has 0 unspecified atom stereocenters. The van der Waals surface area contributed by atoms with E-state index in [0.29, 0.717) is 10.7 Å². The van der Waals surface area contributed by atoms with Gasteiger partial charge in [0.05, 0.1) is 16.9 Å². The fourth-order valence-corrected chi connectivity index (χ4v) is 2.35. The monoisotopic (exact) mass is 291 g/mol. The van der Waals surface area contributed by atoms with E-state index in [-0.39, 0.29) is 11.3 Å². The van der Waals surface area contributed by atoms with Gasteiger partial charge in [0.25, 0.3) is 0 Å². The fourth-order valence-electron chi connectivity index (χ4n) is 1.67. The zero-order valence-corrected chi connectivity index (χ0v) is 11.7. The van der Waals surface area contributed by atoms with Crippen LogP contribution in [0.1, 0.15) is 21.6 Å². The smallest absolute Gasteiger partial charge is 0.337 e. The summed E-state index contributed by atoms with van der Waals surface area (Å²) in [5.74, 6) is -1.09. The van der Waals surface area contributed by atoms with Crippen molar-refractivity contribution in [2.24, 2.45) is 0 Å². The van der Waals surface area contributed by atoms with Crippen LogP contribution in [-0.2, 0) is 0 Å². The molecule has 2 aromatic rings. The summed E-state index contributed by atoms with van der Waals surface area (Å²) in [5.41, 5.74) is 1.82. The number of aromatic nitrogens is 1. The van der Waals surface area contributed by atoms with E-state index >= 15 is 0 Å². The van der Waals surface area contributed by atoms with Gasteiger partial charge in [-0.25, -0.2) is 14.6 Å². The molecule has 0 aliphatic carbocycles. The van der Waals surface area contributed by atoms with Crippen molar-refractivity contribution >= 4 is 34.2 Å². The first-order valence-corrected chi connectivity index (χ1v) is 6.68. The molecule has 0 bridgehead atoms. The van der Waals surface area contributed by atoms with Crippen LogP contribution in [0.5, 0.6) is 0 Å². The standard InChI is InChI=1S/C13H13N3O3S/c1-7-4-3-5-9(11(17)18)10(7)15-12(19)16-13-14-8(2)6-20-13/h3-6H,1-2H3,(H,17,18)(H2,14,15,16,19). The largest absolute Gasteiger partial charge is 0.478 e. The molecule has 0 spiro atoms. The molecule has 7 heteroatoms. The lowest BCUT2D eigenvalue weighted by molar-refractivity contribution is 0.0698. The second kappa shape index (κ2) is 5.70. The lowest BCUT2D eigenvalue weighted by Gasteiger charge is -2.11. The Morgan fingerprint density at radius 1 is 1.25 bits per heavy atom. The van der Waals surface area contributed by atoms with Gasteiger partial charge in [-0.1, -0.05) is 12.1 Å². The number of carboxylic acid groups (broad SMARTS) is 1. The Labute approximate surface area is 119 Å². The second-order valence-corrected chi connectivity index (χ2v) is 5.03. The SMILES string of the molecule is Cc1csc(NC(=O)Nc2c(C)cccc2C(=O)O)n1. The molecule has 2 rings (SSSR count). The second-order valence-electron chi connectivity index (χ2n) is 4.18. The Bertz CT molecular complexity index is 667. The summed E-state index contributed by atoms with van der Waals surface area (Å²) in [7, 11) is 0. The van der Waals surface area contributed by atoms with Gasteiger partial charge in [-0.3, -0.25) is 5.32 Å². The number of nitrogens with one attached hydrogen (secondary N) is 2. The van der Waals surface area contributed by atoms with Crippen molar-refractivity contribution in [2.45, 2.75) is 13.8 Å². The summed E-state index contributed by atoms with van der Waals surface area (Å²) < 4.78 is 0. The Hall–Kier alpha value is -2.41. The minimum absolute atomic E-state index is 0.0514. The Balaban J connectivity index is 2.17.